The summed E-state index contributed by atoms with van der Waals surface area (Å²) < 4.78 is 10.4. The van der Waals surface area contributed by atoms with E-state index < -0.39 is 0 Å². The first-order chi connectivity index (χ1) is 18.5. The summed E-state index contributed by atoms with van der Waals surface area (Å²) in [5, 5.41) is 0. The van der Waals surface area contributed by atoms with E-state index in [9.17, 15) is 9.59 Å². The lowest BCUT2D eigenvalue weighted by molar-refractivity contribution is 0.0600. The Bertz CT molecular complexity index is 1660. The molecule has 4 heterocycles. The molecule has 192 valence electrons. The molecule has 9 heteroatoms. The third-order valence-corrected chi connectivity index (χ3v) is 7.30. The van der Waals surface area contributed by atoms with Gasteiger partial charge in [-0.15, -0.1) is 0 Å². The van der Waals surface area contributed by atoms with Crippen molar-refractivity contribution in [3.63, 3.8) is 0 Å². The number of hydrogen-bond donors (Lipinski definition) is 0. The highest BCUT2D eigenvalue weighted by Crippen LogP contribution is 2.27. The van der Waals surface area contributed by atoms with Gasteiger partial charge in [-0.05, 0) is 53.9 Å². The van der Waals surface area contributed by atoms with Gasteiger partial charge in [0.15, 0.2) is 5.65 Å². The Kier molecular flexibility index (Phi) is 6.13. The zero-order valence-corrected chi connectivity index (χ0v) is 21.3. The molecule has 0 spiro atoms. The molecule has 0 saturated carbocycles. The van der Waals surface area contributed by atoms with E-state index in [0.717, 1.165) is 54.2 Å². The Balaban J connectivity index is 1.30. The number of pyridine rings is 1. The highest BCUT2D eigenvalue weighted by molar-refractivity contribution is 5.90. The second kappa shape index (κ2) is 9.75. The Morgan fingerprint density at radius 2 is 1.74 bits per heavy atom. The van der Waals surface area contributed by atoms with Crippen LogP contribution in [0.25, 0.3) is 28.0 Å². The van der Waals surface area contributed by atoms with Crippen LogP contribution < -0.4 is 5.69 Å². The molecule has 0 aliphatic carbocycles. The standard InChI is InChI=1S/C29H28N6O3/c1-32-17-15-30-26(32)19-33-16-13-24(18-33)35-27-25(4-3-14-31-27)34(29(35)37)23-11-9-21(10-12-23)20-5-7-22(8-6-20)28(36)38-2/h3-12,14-15,17,24H,13,16,18-19H2,1-2H3. The number of ether oxygens (including phenoxy) is 1. The van der Waals surface area contributed by atoms with Crippen molar-refractivity contribution < 1.29 is 9.53 Å². The quantitative estimate of drug-likeness (QED) is 0.324. The Morgan fingerprint density at radius 1 is 1.00 bits per heavy atom. The molecule has 0 N–H and O–H groups in total. The third-order valence-electron chi connectivity index (χ3n) is 7.30. The van der Waals surface area contributed by atoms with E-state index in [1.807, 2.05) is 77.1 Å². The molecule has 1 atom stereocenters. The maximum absolute atomic E-state index is 13.8. The lowest BCUT2D eigenvalue weighted by Crippen LogP contribution is -2.29. The number of rotatable bonds is 6. The molecule has 5 aromatic rings. The number of esters is 1. The minimum absolute atomic E-state index is 0.0361. The Morgan fingerprint density at radius 3 is 2.42 bits per heavy atom. The van der Waals surface area contributed by atoms with Gasteiger partial charge in [-0.25, -0.2) is 19.6 Å². The fraction of sp³-hybridized carbons (Fsp3) is 0.241. The fourth-order valence-corrected chi connectivity index (χ4v) is 5.26. The second-order valence-corrected chi connectivity index (χ2v) is 9.58. The van der Waals surface area contributed by atoms with E-state index in [0.29, 0.717) is 11.2 Å². The number of imidazole rings is 2. The largest absolute Gasteiger partial charge is 0.465 e. The van der Waals surface area contributed by atoms with Crippen LogP contribution in [0.2, 0.25) is 0 Å². The topological polar surface area (TPSA) is 87.2 Å². The number of nitrogens with zero attached hydrogens (tertiary/aromatic N) is 6. The third kappa shape index (κ3) is 4.20. The number of benzene rings is 2. The van der Waals surface area contributed by atoms with E-state index in [4.69, 9.17) is 4.74 Å². The molecule has 9 nitrogen and oxygen atoms in total. The summed E-state index contributed by atoms with van der Waals surface area (Å²) in [7, 11) is 3.37. The molecule has 0 radical (unpaired) electrons. The van der Waals surface area contributed by atoms with E-state index in [1.165, 1.54) is 7.11 Å². The maximum Gasteiger partial charge on any atom is 0.337 e. The minimum Gasteiger partial charge on any atom is -0.465 e. The zero-order valence-electron chi connectivity index (χ0n) is 21.3. The van der Waals surface area contributed by atoms with E-state index >= 15 is 0 Å². The second-order valence-electron chi connectivity index (χ2n) is 9.58. The summed E-state index contributed by atoms with van der Waals surface area (Å²) in [4.78, 5) is 37.0. The maximum atomic E-state index is 13.8. The van der Waals surface area contributed by atoms with Gasteiger partial charge in [-0.1, -0.05) is 24.3 Å². The normalized spacial score (nSPS) is 15.8. The van der Waals surface area contributed by atoms with Crippen LogP contribution in [0, 0.1) is 0 Å². The van der Waals surface area contributed by atoms with Crippen molar-refractivity contribution in [1.82, 2.24) is 28.6 Å². The number of likely N-dealkylation sites (tertiary alicyclic amines) is 1. The monoisotopic (exact) mass is 508 g/mol. The predicted octanol–water partition coefficient (Wildman–Crippen LogP) is 3.82. The average Bonchev–Trinajstić information content (AvgIpc) is 3.65. The van der Waals surface area contributed by atoms with Crippen LogP contribution in [-0.2, 0) is 18.3 Å². The van der Waals surface area contributed by atoms with E-state index in [2.05, 4.69) is 14.9 Å². The molecule has 6 rings (SSSR count). The number of hydrogen-bond acceptors (Lipinski definition) is 6. The summed E-state index contributed by atoms with van der Waals surface area (Å²) in [6.45, 7) is 2.42. The smallest absolute Gasteiger partial charge is 0.337 e. The molecule has 1 aliphatic heterocycles. The van der Waals surface area contributed by atoms with Gasteiger partial charge in [0.1, 0.15) is 5.82 Å². The summed E-state index contributed by atoms with van der Waals surface area (Å²) in [6, 6.07) is 19.0. The van der Waals surface area contributed by atoms with Gasteiger partial charge in [0.05, 0.1) is 36.5 Å². The van der Waals surface area contributed by atoms with Crippen molar-refractivity contribution in [3.05, 3.63) is 101 Å². The van der Waals surface area contributed by atoms with Crippen molar-refractivity contribution in [1.29, 1.82) is 0 Å². The lowest BCUT2D eigenvalue weighted by Gasteiger charge is -2.16. The highest BCUT2D eigenvalue weighted by atomic mass is 16.5. The Labute approximate surface area is 219 Å². The summed E-state index contributed by atoms with van der Waals surface area (Å²) in [5.41, 5.74) is 4.65. The van der Waals surface area contributed by atoms with Crippen LogP contribution >= 0.6 is 0 Å². The molecule has 1 fully saturated rings. The highest BCUT2D eigenvalue weighted by Gasteiger charge is 2.29. The van der Waals surface area contributed by atoms with Crippen LogP contribution in [-0.4, -0.2) is 54.7 Å². The Hall–Kier alpha value is -4.50. The van der Waals surface area contributed by atoms with Gasteiger partial charge in [0, 0.05) is 38.7 Å². The number of fused-ring (bicyclic) bond motifs is 1. The molecule has 0 bridgehead atoms. The van der Waals surface area contributed by atoms with Gasteiger partial charge in [-0.2, -0.15) is 0 Å². The molecule has 2 aromatic carbocycles. The van der Waals surface area contributed by atoms with Gasteiger partial charge in [0.25, 0.3) is 0 Å². The van der Waals surface area contributed by atoms with Crippen LogP contribution in [0.5, 0.6) is 0 Å². The molecule has 1 unspecified atom stereocenters. The van der Waals surface area contributed by atoms with Crippen LogP contribution in [0.3, 0.4) is 0 Å². The van der Waals surface area contributed by atoms with Crippen LogP contribution in [0.1, 0.15) is 28.6 Å². The van der Waals surface area contributed by atoms with E-state index in [-0.39, 0.29) is 17.7 Å². The average molecular weight is 509 g/mol. The van der Waals surface area contributed by atoms with Crippen molar-refractivity contribution in [2.45, 2.75) is 19.0 Å². The summed E-state index contributed by atoms with van der Waals surface area (Å²) >= 11 is 0. The van der Waals surface area contributed by atoms with Crippen LogP contribution in [0.15, 0.2) is 84.0 Å². The number of methoxy groups -OCH3 is 1. The number of carbonyl (C=O) groups is 1. The van der Waals surface area contributed by atoms with Gasteiger partial charge < -0.3 is 9.30 Å². The van der Waals surface area contributed by atoms with Crippen molar-refractivity contribution in [2.75, 3.05) is 20.2 Å². The molecule has 0 amide bonds. The predicted molar refractivity (Wildman–Crippen MR) is 144 cm³/mol. The van der Waals surface area contributed by atoms with Gasteiger partial charge in [0.2, 0.25) is 0 Å². The van der Waals surface area contributed by atoms with E-state index in [1.54, 1.807) is 22.9 Å². The number of aromatic nitrogens is 5. The van der Waals surface area contributed by atoms with Gasteiger partial charge >= 0.3 is 11.7 Å². The first-order valence-corrected chi connectivity index (χ1v) is 12.6. The lowest BCUT2D eigenvalue weighted by atomic mass is 10.0. The zero-order chi connectivity index (χ0) is 26.2. The molecule has 3 aromatic heterocycles. The fourth-order valence-electron chi connectivity index (χ4n) is 5.26. The van der Waals surface area contributed by atoms with Crippen molar-refractivity contribution in [2.24, 2.45) is 7.05 Å². The van der Waals surface area contributed by atoms with Crippen LogP contribution in [0.4, 0.5) is 0 Å². The first-order valence-electron chi connectivity index (χ1n) is 12.6. The molecular weight excluding hydrogens is 480 g/mol. The summed E-state index contributed by atoms with van der Waals surface area (Å²) in [6.07, 6.45) is 6.38. The molecular formula is C29H28N6O3. The number of aryl methyl sites for hydroxylation is 1. The minimum atomic E-state index is -0.363. The SMILES string of the molecule is COC(=O)c1ccc(-c2ccc(-n3c(=O)n(C4CCN(Cc5nccn5C)C4)c4ncccc43)cc2)cc1. The molecule has 1 aliphatic rings. The molecule has 38 heavy (non-hydrogen) atoms. The first kappa shape index (κ1) is 23.9. The summed E-state index contributed by atoms with van der Waals surface area (Å²) in [5.74, 6) is 0.650. The molecule has 1 saturated heterocycles. The number of carbonyl (C=O) groups excluding carboxylic acids is 1. The van der Waals surface area contributed by atoms with Crippen molar-refractivity contribution >= 4 is 17.1 Å². The van der Waals surface area contributed by atoms with Gasteiger partial charge in [-0.3, -0.25) is 14.0 Å². The van der Waals surface area contributed by atoms with Crippen molar-refractivity contribution in [3.8, 4) is 16.8 Å².